The minimum absolute atomic E-state index is 0.153. The number of nitrogens with zero attached hydrogens (tertiary/aromatic N) is 5. The monoisotopic (exact) mass is 495 g/mol. The number of aromatic nitrogens is 4. The van der Waals surface area contributed by atoms with Crippen molar-refractivity contribution in [2.75, 3.05) is 6.54 Å². The van der Waals surface area contributed by atoms with E-state index < -0.39 is 5.60 Å². The fraction of sp³-hybridized carbons (Fsp3) is 0.500. The molecule has 1 saturated heterocycles. The van der Waals surface area contributed by atoms with Crippen molar-refractivity contribution in [2.45, 2.75) is 64.6 Å². The van der Waals surface area contributed by atoms with Crippen molar-refractivity contribution in [2.24, 2.45) is 23.7 Å². The zero-order valence-electron chi connectivity index (χ0n) is 21.7. The number of carbonyl (C=O) groups excluding carboxylic acids is 1. The summed E-state index contributed by atoms with van der Waals surface area (Å²) in [6.45, 7) is 7.49. The molecule has 37 heavy (non-hydrogen) atoms. The fourth-order valence-corrected chi connectivity index (χ4v) is 7.31. The second-order valence-corrected chi connectivity index (χ2v) is 12.6. The van der Waals surface area contributed by atoms with Crippen molar-refractivity contribution in [1.82, 2.24) is 24.1 Å². The third-order valence-corrected chi connectivity index (χ3v) is 9.65. The summed E-state index contributed by atoms with van der Waals surface area (Å²) in [7, 11) is 0. The lowest BCUT2D eigenvalue weighted by atomic mass is 9.53. The Hall–Kier alpha value is -3.19. The normalized spacial score (nSPS) is 26.4. The quantitative estimate of drug-likeness (QED) is 0.433. The second-order valence-electron chi connectivity index (χ2n) is 12.6. The number of aliphatic hydroxyl groups is 1. The van der Waals surface area contributed by atoms with Gasteiger partial charge in [0.2, 0.25) is 0 Å². The summed E-state index contributed by atoms with van der Waals surface area (Å²) in [6, 6.07) is 10.6. The van der Waals surface area contributed by atoms with Crippen LogP contribution >= 0.6 is 0 Å². The van der Waals surface area contributed by atoms with E-state index in [1.807, 2.05) is 28.9 Å². The van der Waals surface area contributed by atoms with E-state index in [1.54, 1.807) is 13.8 Å². The van der Waals surface area contributed by atoms with Crippen molar-refractivity contribution in [1.29, 1.82) is 0 Å². The molecule has 4 aromatic rings. The van der Waals surface area contributed by atoms with E-state index in [4.69, 9.17) is 10.1 Å². The highest BCUT2D eigenvalue weighted by Gasteiger charge is 2.61. The molecule has 7 nitrogen and oxygen atoms in total. The van der Waals surface area contributed by atoms with Gasteiger partial charge in [0.15, 0.2) is 0 Å². The van der Waals surface area contributed by atoms with Gasteiger partial charge >= 0.3 is 0 Å². The molecule has 4 atom stereocenters. The number of aryl methyl sites for hydroxylation is 1. The summed E-state index contributed by atoms with van der Waals surface area (Å²) < 4.78 is 4.18. The summed E-state index contributed by atoms with van der Waals surface area (Å²) in [5.74, 6) is 3.19. The minimum Gasteiger partial charge on any atom is -0.384 e. The van der Waals surface area contributed by atoms with Crippen LogP contribution in [0.5, 0.6) is 0 Å². The van der Waals surface area contributed by atoms with Gasteiger partial charge in [-0.2, -0.15) is 5.10 Å². The van der Waals surface area contributed by atoms with Gasteiger partial charge in [0, 0.05) is 36.3 Å². The summed E-state index contributed by atoms with van der Waals surface area (Å²) >= 11 is 0. The zero-order valence-corrected chi connectivity index (χ0v) is 21.7. The highest BCUT2D eigenvalue weighted by Crippen LogP contribution is 2.60. The van der Waals surface area contributed by atoms with Gasteiger partial charge in [0.25, 0.3) is 5.91 Å². The number of hydrogen-bond acceptors (Lipinski definition) is 4. The van der Waals surface area contributed by atoms with Crippen LogP contribution in [0.3, 0.4) is 0 Å². The number of fused-ring (bicyclic) bond motifs is 2. The van der Waals surface area contributed by atoms with Crippen LogP contribution in [0.2, 0.25) is 0 Å². The Morgan fingerprint density at radius 1 is 1.14 bits per heavy atom. The molecule has 4 fully saturated rings. The maximum Gasteiger partial charge on any atom is 0.255 e. The van der Waals surface area contributed by atoms with Crippen molar-refractivity contribution in [3.8, 4) is 11.4 Å². The molecule has 0 radical (unpaired) electrons. The van der Waals surface area contributed by atoms with Crippen molar-refractivity contribution >= 4 is 22.5 Å². The summed E-state index contributed by atoms with van der Waals surface area (Å²) in [6.07, 6.45) is 6.89. The molecule has 3 aliphatic carbocycles. The summed E-state index contributed by atoms with van der Waals surface area (Å²) in [4.78, 5) is 20.5. The standard InChI is InChI=1S/C30H33N5O2/c1-16-22-8-6-19(29(36)34-14-21-10-20-12-23(34)26(20)21)15-35(22)32-27(16)24-11-18-7-9-25(30(2,3)37)31-28(18)33(24)13-17-4-5-17/h6-9,11,15,17,20-21,23,26,37H,4-5,10,12-14H2,1-3H3/t20?,21?,23?,26-/m1/s1. The molecular weight excluding hydrogens is 462 g/mol. The predicted molar refractivity (Wildman–Crippen MR) is 141 cm³/mol. The highest BCUT2D eigenvalue weighted by molar-refractivity contribution is 5.95. The SMILES string of the molecule is Cc1c(-c2cc3ccc(C(C)(C)O)nc3n2CC2CC2)nn2cc(C(=O)N3CC4CC5CC3[C@H]54)ccc12. The smallest absolute Gasteiger partial charge is 0.255 e. The van der Waals surface area contributed by atoms with E-state index in [2.05, 4.69) is 28.5 Å². The molecule has 4 aromatic heterocycles. The number of amides is 1. The second kappa shape index (κ2) is 7.22. The van der Waals surface area contributed by atoms with Gasteiger partial charge in [-0.25, -0.2) is 9.50 Å². The average Bonchev–Trinajstić information content (AvgIpc) is 3.52. The van der Waals surface area contributed by atoms with Crippen molar-refractivity contribution < 1.29 is 9.90 Å². The Balaban J connectivity index is 1.20. The Morgan fingerprint density at radius 2 is 1.97 bits per heavy atom. The molecule has 3 unspecified atom stereocenters. The maximum absolute atomic E-state index is 13.5. The Bertz CT molecular complexity index is 1600. The number of rotatable bonds is 5. The molecule has 7 heteroatoms. The van der Waals surface area contributed by atoms with E-state index in [0.29, 0.717) is 17.7 Å². The molecule has 4 aliphatic rings. The molecule has 0 spiro atoms. The number of likely N-dealkylation sites (tertiary alicyclic amines) is 1. The van der Waals surface area contributed by atoms with Crippen molar-refractivity contribution in [3.63, 3.8) is 0 Å². The number of hydrogen-bond donors (Lipinski definition) is 1. The zero-order chi connectivity index (χ0) is 25.2. The van der Waals surface area contributed by atoms with Crippen LogP contribution in [-0.4, -0.2) is 47.7 Å². The van der Waals surface area contributed by atoms with E-state index >= 15 is 0 Å². The molecule has 3 saturated carbocycles. The summed E-state index contributed by atoms with van der Waals surface area (Å²) in [5.41, 5.74) is 5.39. The van der Waals surface area contributed by atoms with Crippen molar-refractivity contribution in [3.05, 3.63) is 53.3 Å². The molecule has 1 aliphatic heterocycles. The van der Waals surface area contributed by atoms with Crippen LogP contribution in [0.25, 0.3) is 27.9 Å². The largest absolute Gasteiger partial charge is 0.384 e. The van der Waals surface area contributed by atoms with Gasteiger partial charge in [0.05, 0.1) is 22.5 Å². The summed E-state index contributed by atoms with van der Waals surface area (Å²) in [5, 5.41) is 16.7. The van der Waals surface area contributed by atoms with Gasteiger partial charge in [-0.15, -0.1) is 0 Å². The van der Waals surface area contributed by atoms with Crippen LogP contribution < -0.4 is 0 Å². The Morgan fingerprint density at radius 3 is 2.70 bits per heavy atom. The predicted octanol–water partition coefficient (Wildman–Crippen LogP) is 4.78. The highest BCUT2D eigenvalue weighted by atomic mass is 16.3. The number of pyridine rings is 2. The van der Waals surface area contributed by atoms with E-state index in [0.717, 1.165) is 69.9 Å². The van der Waals surface area contributed by atoms with Crippen LogP contribution in [-0.2, 0) is 12.1 Å². The molecule has 1 N–H and O–H groups in total. The Kier molecular flexibility index (Phi) is 4.26. The first-order valence-electron chi connectivity index (χ1n) is 13.8. The molecule has 190 valence electrons. The van der Waals surface area contributed by atoms with Crippen LogP contribution in [0.15, 0.2) is 36.5 Å². The van der Waals surface area contributed by atoms with Crippen LogP contribution in [0, 0.1) is 30.6 Å². The molecule has 8 rings (SSSR count). The minimum atomic E-state index is -1.000. The third-order valence-electron chi connectivity index (χ3n) is 9.65. The van der Waals surface area contributed by atoms with Gasteiger partial charge < -0.3 is 14.6 Å². The fourth-order valence-electron chi connectivity index (χ4n) is 7.31. The van der Waals surface area contributed by atoms with Crippen LogP contribution in [0.1, 0.15) is 61.1 Å². The Labute approximate surface area is 216 Å². The first-order chi connectivity index (χ1) is 17.8. The van der Waals surface area contributed by atoms with Gasteiger partial charge in [-0.05, 0) is 100 Å². The number of carbonyl (C=O) groups is 1. The lowest BCUT2D eigenvalue weighted by Gasteiger charge is -2.52. The topological polar surface area (TPSA) is 75.7 Å². The van der Waals surface area contributed by atoms with Gasteiger partial charge in [0.1, 0.15) is 16.9 Å². The first kappa shape index (κ1) is 21.9. The average molecular weight is 496 g/mol. The maximum atomic E-state index is 13.5. The lowest BCUT2D eigenvalue weighted by Crippen LogP contribution is -2.53. The molecule has 0 bridgehead atoms. The molecule has 5 heterocycles. The van der Waals surface area contributed by atoms with E-state index in [1.165, 1.54) is 25.7 Å². The van der Waals surface area contributed by atoms with E-state index in [-0.39, 0.29) is 5.91 Å². The molecular formula is C30H33N5O2. The van der Waals surface area contributed by atoms with Gasteiger partial charge in [-0.3, -0.25) is 4.79 Å². The molecule has 1 amide bonds. The molecule has 0 aromatic carbocycles. The third kappa shape index (κ3) is 3.13. The van der Waals surface area contributed by atoms with Crippen LogP contribution in [0.4, 0.5) is 0 Å². The van der Waals surface area contributed by atoms with E-state index in [9.17, 15) is 9.90 Å². The first-order valence-corrected chi connectivity index (χ1v) is 13.8. The lowest BCUT2D eigenvalue weighted by molar-refractivity contribution is -0.0204. The van der Waals surface area contributed by atoms with Gasteiger partial charge in [-0.1, -0.05) is 0 Å².